The molecule has 0 amide bonds. The quantitative estimate of drug-likeness (QED) is 0.330. The Morgan fingerprint density at radius 1 is 1.38 bits per heavy atom. The highest BCUT2D eigenvalue weighted by Gasteiger charge is 2.28. The Morgan fingerprint density at radius 2 is 2.12 bits per heavy atom. The van der Waals surface area contributed by atoms with Crippen molar-refractivity contribution in [3.63, 3.8) is 0 Å². The van der Waals surface area contributed by atoms with Gasteiger partial charge in [0.15, 0.2) is 0 Å². The van der Waals surface area contributed by atoms with Crippen LogP contribution in [0.15, 0.2) is 0 Å². The third-order valence-electron chi connectivity index (χ3n) is 0.923. The fraction of sp³-hybridized carbons (Fsp3) is 1.00. The number of aliphatic hydroxyl groups is 2. The minimum atomic E-state index is -2.04. The van der Waals surface area contributed by atoms with E-state index in [-0.39, 0.29) is 6.42 Å². The van der Waals surface area contributed by atoms with Crippen molar-refractivity contribution in [2.45, 2.75) is 18.8 Å². The molecule has 1 fully saturated rings. The average molecular weight is 120 g/mol. The normalized spacial score (nSPS) is 27.8. The molecular weight excluding hydrogens is 112 g/mol. The Hall–Kier alpha value is -0.160. The highest BCUT2D eigenvalue weighted by atomic mass is 17.2. The fourth-order valence-electron chi connectivity index (χ4n) is 0.539. The molecule has 0 unspecified atom stereocenters. The topological polar surface area (TPSA) is 58.9 Å². The number of hydrogen-bond donors (Lipinski definition) is 2. The maximum absolute atomic E-state index is 8.58. The summed E-state index contributed by atoms with van der Waals surface area (Å²) < 4.78 is 0. The summed E-state index contributed by atoms with van der Waals surface area (Å²) in [4.78, 5) is 8.36. The molecule has 0 atom stereocenters. The molecule has 0 aliphatic carbocycles. The van der Waals surface area contributed by atoms with Crippen molar-refractivity contribution in [2.24, 2.45) is 0 Å². The Balaban J connectivity index is 2.33. The molecule has 2 N–H and O–H groups in total. The third kappa shape index (κ3) is 1.41. The van der Waals surface area contributed by atoms with Gasteiger partial charge in [-0.2, -0.15) is 4.89 Å². The van der Waals surface area contributed by atoms with Crippen molar-refractivity contribution >= 4 is 0 Å². The average Bonchev–Trinajstić information content (AvgIpc) is 1.65. The Bertz CT molecular complexity index is 72.1. The molecule has 8 heavy (non-hydrogen) atoms. The first kappa shape index (κ1) is 5.97. The predicted octanol–water partition coefficient (Wildman–Crippen LogP) is -0.633. The molecule has 4 nitrogen and oxygen atoms in total. The van der Waals surface area contributed by atoms with Gasteiger partial charge in [-0.05, 0) is 6.42 Å². The van der Waals surface area contributed by atoms with E-state index in [2.05, 4.69) is 9.78 Å². The van der Waals surface area contributed by atoms with E-state index in [0.717, 1.165) is 0 Å². The summed E-state index contributed by atoms with van der Waals surface area (Å²) in [7, 11) is 0. The second-order valence-corrected chi connectivity index (χ2v) is 1.75. The molecular formula is C4H8O4. The van der Waals surface area contributed by atoms with Gasteiger partial charge in [0.05, 0.1) is 6.61 Å². The molecule has 1 saturated heterocycles. The van der Waals surface area contributed by atoms with E-state index in [4.69, 9.17) is 10.2 Å². The SMILES string of the molecule is OC1(O)CCCOO1. The largest absolute Gasteiger partial charge is 0.342 e. The zero-order chi connectivity index (χ0) is 6.04. The molecule has 1 heterocycles. The molecule has 0 aromatic rings. The van der Waals surface area contributed by atoms with Gasteiger partial charge in [0, 0.05) is 6.42 Å². The van der Waals surface area contributed by atoms with Crippen LogP contribution in [0.4, 0.5) is 0 Å². The maximum atomic E-state index is 8.58. The Kier molecular flexibility index (Phi) is 1.48. The van der Waals surface area contributed by atoms with Crippen LogP contribution in [0.5, 0.6) is 0 Å². The lowest BCUT2D eigenvalue weighted by atomic mass is 10.3. The van der Waals surface area contributed by atoms with Crippen molar-refractivity contribution in [2.75, 3.05) is 6.61 Å². The zero-order valence-corrected chi connectivity index (χ0v) is 4.33. The van der Waals surface area contributed by atoms with E-state index in [1.165, 1.54) is 0 Å². The number of rotatable bonds is 0. The van der Waals surface area contributed by atoms with Crippen LogP contribution in [0.2, 0.25) is 0 Å². The molecule has 0 saturated carbocycles. The van der Waals surface area contributed by atoms with Gasteiger partial charge in [-0.3, -0.25) is 0 Å². The number of hydrogen-bond acceptors (Lipinski definition) is 4. The molecule has 0 radical (unpaired) electrons. The molecule has 0 aromatic heterocycles. The van der Waals surface area contributed by atoms with Crippen LogP contribution >= 0.6 is 0 Å². The minimum absolute atomic E-state index is 0.215. The minimum Gasteiger partial charge on any atom is -0.342 e. The van der Waals surface area contributed by atoms with E-state index >= 15 is 0 Å². The first-order chi connectivity index (χ1) is 3.71. The molecule has 48 valence electrons. The van der Waals surface area contributed by atoms with Crippen molar-refractivity contribution in [3.8, 4) is 0 Å². The van der Waals surface area contributed by atoms with Crippen LogP contribution in [0.3, 0.4) is 0 Å². The molecule has 1 aliphatic heterocycles. The molecule has 1 rings (SSSR count). The smallest absolute Gasteiger partial charge is 0.307 e. The second-order valence-electron chi connectivity index (χ2n) is 1.75. The van der Waals surface area contributed by atoms with Crippen LogP contribution in [-0.4, -0.2) is 22.8 Å². The van der Waals surface area contributed by atoms with Crippen LogP contribution in [0, 0.1) is 0 Å². The summed E-state index contributed by atoms with van der Waals surface area (Å²) >= 11 is 0. The van der Waals surface area contributed by atoms with E-state index in [9.17, 15) is 0 Å². The summed E-state index contributed by atoms with van der Waals surface area (Å²) in [5.74, 6) is -2.04. The lowest BCUT2D eigenvalue weighted by Gasteiger charge is -2.23. The van der Waals surface area contributed by atoms with Crippen molar-refractivity contribution in [1.82, 2.24) is 0 Å². The van der Waals surface area contributed by atoms with Crippen molar-refractivity contribution in [3.05, 3.63) is 0 Å². The molecule has 0 spiro atoms. The van der Waals surface area contributed by atoms with E-state index in [0.29, 0.717) is 13.0 Å². The van der Waals surface area contributed by atoms with Gasteiger partial charge in [-0.25, -0.2) is 4.89 Å². The van der Waals surface area contributed by atoms with Gasteiger partial charge in [0.25, 0.3) is 0 Å². The van der Waals surface area contributed by atoms with E-state index in [1.54, 1.807) is 0 Å². The van der Waals surface area contributed by atoms with Gasteiger partial charge < -0.3 is 10.2 Å². The first-order valence-electron chi connectivity index (χ1n) is 2.46. The highest BCUT2D eigenvalue weighted by molar-refractivity contribution is 4.51. The Labute approximate surface area is 46.6 Å². The summed E-state index contributed by atoms with van der Waals surface area (Å²) in [5, 5.41) is 17.2. The molecule has 1 aliphatic rings. The Morgan fingerprint density at radius 3 is 2.38 bits per heavy atom. The summed E-state index contributed by atoms with van der Waals surface area (Å²) in [5.41, 5.74) is 0. The lowest BCUT2D eigenvalue weighted by Crippen LogP contribution is -2.35. The van der Waals surface area contributed by atoms with Crippen molar-refractivity contribution in [1.29, 1.82) is 0 Å². The third-order valence-corrected chi connectivity index (χ3v) is 0.923. The predicted molar refractivity (Wildman–Crippen MR) is 23.4 cm³/mol. The fourth-order valence-corrected chi connectivity index (χ4v) is 0.539. The first-order valence-corrected chi connectivity index (χ1v) is 2.46. The van der Waals surface area contributed by atoms with Crippen LogP contribution < -0.4 is 0 Å². The van der Waals surface area contributed by atoms with Gasteiger partial charge >= 0.3 is 5.97 Å². The zero-order valence-electron chi connectivity index (χ0n) is 4.33. The van der Waals surface area contributed by atoms with Crippen LogP contribution in [0.1, 0.15) is 12.8 Å². The van der Waals surface area contributed by atoms with E-state index in [1.807, 2.05) is 0 Å². The summed E-state index contributed by atoms with van der Waals surface area (Å²) in [6.07, 6.45) is 0.833. The summed E-state index contributed by atoms with van der Waals surface area (Å²) in [6.45, 7) is 0.433. The monoisotopic (exact) mass is 120 g/mol. The van der Waals surface area contributed by atoms with Gasteiger partial charge in [-0.1, -0.05) is 0 Å². The van der Waals surface area contributed by atoms with E-state index < -0.39 is 5.97 Å². The van der Waals surface area contributed by atoms with Gasteiger partial charge in [0.1, 0.15) is 0 Å². The second kappa shape index (κ2) is 1.99. The molecule has 0 aromatic carbocycles. The van der Waals surface area contributed by atoms with Gasteiger partial charge in [-0.15, -0.1) is 0 Å². The molecule has 0 bridgehead atoms. The molecule has 4 heteroatoms. The summed E-state index contributed by atoms with van der Waals surface area (Å²) in [6, 6.07) is 0. The standard InChI is InChI=1S/C4H8O4/c5-4(6)2-1-3-7-8-4/h5-6H,1-3H2. The highest BCUT2D eigenvalue weighted by Crippen LogP contribution is 2.15. The van der Waals surface area contributed by atoms with Crippen LogP contribution in [0.25, 0.3) is 0 Å². The van der Waals surface area contributed by atoms with Gasteiger partial charge in [0.2, 0.25) is 0 Å². The van der Waals surface area contributed by atoms with Crippen LogP contribution in [-0.2, 0) is 9.78 Å². The lowest BCUT2D eigenvalue weighted by molar-refractivity contribution is -0.506. The maximum Gasteiger partial charge on any atom is 0.307 e. The van der Waals surface area contributed by atoms with Crippen molar-refractivity contribution < 1.29 is 20.0 Å².